The lowest BCUT2D eigenvalue weighted by Gasteiger charge is -2.24. The van der Waals surface area contributed by atoms with Crippen molar-refractivity contribution in [1.29, 1.82) is 0 Å². The number of aliphatic hydroxyl groups excluding tert-OH is 1. The highest BCUT2D eigenvalue weighted by Gasteiger charge is 2.47. The van der Waals surface area contributed by atoms with Crippen LogP contribution < -0.4 is 4.90 Å². The van der Waals surface area contributed by atoms with Crippen molar-refractivity contribution in [3.05, 3.63) is 93.1 Å². The van der Waals surface area contributed by atoms with Crippen LogP contribution in [0.15, 0.2) is 71.3 Å². The predicted octanol–water partition coefficient (Wildman–Crippen LogP) is 5.84. The van der Waals surface area contributed by atoms with E-state index in [4.69, 9.17) is 0 Å². The predicted molar refractivity (Wildman–Crippen MR) is 124 cm³/mol. The molecule has 32 heavy (non-hydrogen) atoms. The third-order valence-corrected chi connectivity index (χ3v) is 7.34. The summed E-state index contributed by atoms with van der Waals surface area (Å²) in [7, 11) is 0. The number of hydrogen-bond acceptors (Lipinski definition) is 6. The number of benzene rings is 2. The number of rotatable bonds is 5. The van der Waals surface area contributed by atoms with Crippen molar-refractivity contribution in [1.82, 2.24) is 4.98 Å². The SMILES string of the molecule is CCc1ccc2nc(N3C(=O)C(O)=C(C(=O)c4cccs4)C3c3ccccc3F)sc2c1. The fourth-order valence-electron chi connectivity index (χ4n) is 3.85. The average Bonchev–Trinajstić information content (AvgIpc) is 3.52. The van der Waals surface area contributed by atoms with E-state index in [0.717, 1.165) is 16.7 Å². The number of aromatic nitrogens is 1. The van der Waals surface area contributed by atoms with Gasteiger partial charge in [-0.15, -0.1) is 11.3 Å². The first-order valence-electron chi connectivity index (χ1n) is 9.98. The van der Waals surface area contributed by atoms with Gasteiger partial charge in [-0.25, -0.2) is 9.37 Å². The molecule has 1 unspecified atom stereocenters. The monoisotopic (exact) mass is 464 g/mol. The molecule has 8 heteroatoms. The molecule has 1 aliphatic rings. The molecule has 2 aromatic heterocycles. The van der Waals surface area contributed by atoms with Gasteiger partial charge in [0.05, 0.1) is 20.7 Å². The van der Waals surface area contributed by atoms with Crippen LogP contribution >= 0.6 is 22.7 Å². The third kappa shape index (κ3) is 3.23. The highest BCUT2D eigenvalue weighted by atomic mass is 32.1. The summed E-state index contributed by atoms with van der Waals surface area (Å²) in [5.74, 6) is -2.52. The van der Waals surface area contributed by atoms with E-state index in [2.05, 4.69) is 4.98 Å². The van der Waals surface area contributed by atoms with E-state index in [1.807, 2.05) is 25.1 Å². The number of aliphatic hydroxyl groups is 1. The zero-order valence-corrected chi connectivity index (χ0v) is 18.5. The first kappa shape index (κ1) is 20.5. The van der Waals surface area contributed by atoms with Crippen LogP contribution in [-0.4, -0.2) is 21.8 Å². The molecule has 0 bridgehead atoms. The van der Waals surface area contributed by atoms with Crippen molar-refractivity contribution in [3.8, 4) is 0 Å². The van der Waals surface area contributed by atoms with E-state index in [-0.39, 0.29) is 11.1 Å². The molecule has 0 radical (unpaired) electrons. The fourth-order valence-corrected chi connectivity index (χ4v) is 5.58. The quantitative estimate of drug-likeness (QED) is 0.377. The number of fused-ring (bicyclic) bond motifs is 1. The molecule has 0 saturated carbocycles. The van der Waals surface area contributed by atoms with Gasteiger partial charge in [0.1, 0.15) is 11.9 Å². The third-order valence-electron chi connectivity index (χ3n) is 5.45. The molecule has 0 fully saturated rings. The van der Waals surface area contributed by atoms with Crippen molar-refractivity contribution in [3.63, 3.8) is 0 Å². The zero-order valence-electron chi connectivity index (χ0n) is 16.9. The number of halogens is 1. The molecular formula is C24H17FN2O3S2. The zero-order chi connectivity index (χ0) is 22.4. The first-order valence-corrected chi connectivity index (χ1v) is 11.7. The molecule has 2 aromatic carbocycles. The Morgan fingerprint density at radius 1 is 1.19 bits per heavy atom. The summed E-state index contributed by atoms with van der Waals surface area (Å²) in [6.45, 7) is 2.05. The van der Waals surface area contributed by atoms with E-state index < -0.39 is 29.3 Å². The van der Waals surface area contributed by atoms with Gasteiger partial charge in [0, 0.05) is 5.56 Å². The maximum atomic E-state index is 14.9. The van der Waals surface area contributed by atoms with E-state index >= 15 is 0 Å². The van der Waals surface area contributed by atoms with E-state index in [1.54, 1.807) is 23.6 Å². The molecule has 160 valence electrons. The van der Waals surface area contributed by atoms with Gasteiger partial charge in [-0.1, -0.05) is 48.6 Å². The Morgan fingerprint density at radius 3 is 2.72 bits per heavy atom. The lowest BCUT2D eigenvalue weighted by Crippen LogP contribution is -2.31. The average molecular weight is 465 g/mol. The summed E-state index contributed by atoms with van der Waals surface area (Å²) in [6.07, 6.45) is 0.853. The highest BCUT2D eigenvalue weighted by Crippen LogP contribution is 2.45. The molecule has 1 amide bonds. The number of aryl methyl sites for hydroxylation is 1. The van der Waals surface area contributed by atoms with Gasteiger partial charge in [-0.2, -0.15) is 0 Å². The molecule has 1 aliphatic heterocycles. The van der Waals surface area contributed by atoms with Crippen LogP contribution in [0.3, 0.4) is 0 Å². The van der Waals surface area contributed by atoms with Crippen LogP contribution in [0, 0.1) is 5.82 Å². The number of carbonyl (C=O) groups excluding carboxylic acids is 2. The van der Waals surface area contributed by atoms with E-state index in [0.29, 0.717) is 15.5 Å². The van der Waals surface area contributed by atoms with Gasteiger partial charge in [0.25, 0.3) is 5.91 Å². The van der Waals surface area contributed by atoms with Crippen LogP contribution in [0.1, 0.15) is 33.8 Å². The standard InChI is InChI=1S/C24H17FN2O3S2/c1-2-13-9-10-16-18(12-13)32-24(26-16)27-20(14-6-3-4-7-15(14)25)19(22(29)23(27)30)21(28)17-8-5-11-31-17/h3-12,20,29H,2H2,1H3. The summed E-state index contributed by atoms with van der Waals surface area (Å²) in [5, 5.41) is 12.8. The number of nitrogens with zero attached hydrogens (tertiary/aromatic N) is 2. The Bertz CT molecular complexity index is 1390. The van der Waals surface area contributed by atoms with Gasteiger partial charge in [0.15, 0.2) is 10.9 Å². The number of carbonyl (C=O) groups is 2. The van der Waals surface area contributed by atoms with Crippen molar-refractivity contribution >= 4 is 49.7 Å². The van der Waals surface area contributed by atoms with Crippen LogP contribution in [0.25, 0.3) is 10.2 Å². The molecule has 0 saturated heterocycles. The maximum absolute atomic E-state index is 14.9. The van der Waals surface area contributed by atoms with Gasteiger partial charge >= 0.3 is 0 Å². The normalized spacial score (nSPS) is 16.4. The molecule has 0 spiro atoms. The molecular weight excluding hydrogens is 447 g/mol. The minimum atomic E-state index is -1.12. The lowest BCUT2D eigenvalue weighted by molar-refractivity contribution is -0.117. The Hall–Kier alpha value is -3.36. The maximum Gasteiger partial charge on any atom is 0.296 e. The Balaban J connectivity index is 1.69. The number of ketones is 1. The van der Waals surface area contributed by atoms with Crippen LogP contribution in [0.4, 0.5) is 9.52 Å². The van der Waals surface area contributed by atoms with Gasteiger partial charge < -0.3 is 5.11 Å². The second kappa shape index (κ2) is 7.96. The smallest absolute Gasteiger partial charge is 0.296 e. The molecule has 4 aromatic rings. The number of thiophene rings is 1. The van der Waals surface area contributed by atoms with Crippen molar-refractivity contribution in [2.24, 2.45) is 0 Å². The van der Waals surface area contributed by atoms with E-state index in [1.165, 1.54) is 45.8 Å². The molecule has 0 aliphatic carbocycles. The van der Waals surface area contributed by atoms with Crippen LogP contribution in [0.2, 0.25) is 0 Å². The van der Waals surface area contributed by atoms with Crippen LogP contribution in [-0.2, 0) is 11.2 Å². The Kier molecular flexibility index (Phi) is 5.11. The first-order chi connectivity index (χ1) is 15.5. The van der Waals surface area contributed by atoms with Crippen molar-refractivity contribution in [2.75, 3.05) is 4.90 Å². The van der Waals surface area contributed by atoms with Crippen LogP contribution in [0.5, 0.6) is 0 Å². The molecule has 1 atom stereocenters. The lowest BCUT2D eigenvalue weighted by atomic mass is 9.95. The largest absolute Gasteiger partial charge is 0.503 e. The molecule has 5 rings (SSSR count). The number of thiazole rings is 1. The minimum Gasteiger partial charge on any atom is -0.503 e. The second-order valence-electron chi connectivity index (χ2n) is 7.32. The van der Waals surface area contributed by atoms with Gasteiger partial charge in [-0.3, -0.25) is 14.5 Å². The summed E-state index contributed by atoms with van der Waals surface area (Å²) < 4.78 is 15.8. The number of Topliss-reactive ketones (excluding diaryl/α,β-unsaturated/α-hetero) is 1. The van der Waals surface area contributed by atoms with E-state index in [9.17, 15) is 19.1 Å². The fraction of sp³-hybridized carbons (Fsp3) is 0.125. The Morgan fingerprint density at radius 2 is 2.00 bits per heavy atom. The highest BCUT2D eigenvalue weighted by molar-refractivity contribution is 7.22. The van der Waals surface area contributed by atoms with Gasteiger partial charge in [-0.05, 0) is 41.6 Å². The minimum absolute atomic E-state index is 0.123. The summed E-state index contributed by atoms with van der Waals surface area (Å²) in [6, 6.07) is 14.0. The number of anilines is 1. The molecule has 1 N–H and O–H groups in total. The number of hydrogen-bond donors (Lipinski definition) is 1. The van der Waals surface area contributed by atoms with Gasteiger partial charge in [0.2, 0.25) is 5.78 Å². The summed E-state index contributed by atoms with van der Waals surface area (Å²) in [5.41, 5.74) is 1.80. The number of amides is 1. The van der Waals surface area contributed by atoms with Crippen molar-refractivity contribution in [2.45, 2.75) is 19.4 Å². The summed E-state index contributed by atoms with van der Waals surface area (Å²) in [4.78, 5) is 32.6. The second-order valence-corrected chi connectivity index (χ2v) is 9.28. The van der Waals surface area contributed by atoms with Crippen molar-refractivity contribution < 1.29 is 19.1 Å². The Labute approximate surface area is 191 Å². The molecule has 5 nitrogen and oxygen atoms in total. The summed E-state index contributed by atoms with van der Waals surface area (Å²) >= 11 is 2.47. The topological polar surface area (TPSA) is 70.5 Å². The molecule has 3 heterocycles.